The molecule has 0 saturated heterocycles. The first kappa shape index (κ1) is 14.8. The van der Waals surface area contributed by atoms with Gasteiger partial charge < -0.3 is 5.32 Å². The summed E-state index contributed by atoms with van der Waals surface area (Å²) >= 11 is 3.67. The van der Waals surface area contributed by atoms with E-state index in [-0.39, 0.29) is 0 Å². The highest BCUT2D eigenvalue weighted by atomic mass is 32.2. The van der Waals surface area contributed by atoms with Crippen LogP contribution in [0.2, 0.25) is 0 Å². The lowest BCUT2D eigenvalue weighted by Crippen LogP contribution is -2.30. The van der Waals surface area contributed by atoms with Gasteiger partial charge in [0.05, 0.1) is 0 Å². The molecule has 2 aromatic carbocycles. The van der Waals surface area contributed by atoms with Crippen molar-refractivity contribution in [1.29, 1.82) is 0 Å². The molecule has 116 valence electrons. The van der Waals surface area contributed by atoms with Crippen LogP contribution in [0.4, 0.5) is 0 Å². The molecule has 23 heavy (non-hydrogen) atoms. The van der Waals surface area contributed by atoms with Crippen LogP contribution in [0.15, 0.2) is 63.1 Å². The molecule has 4 heteroatoms. The van der Waals surface area contributed by atoms with Crippen LogP contribution in [0.1, 0.15) is 17.5 Å². The lowest BCUT2D eigenvalue weighted by atomic mass is 10.1. The lowest BCUT2D eigenvalue weighted by molar-refractivity contribution is 0.742. The molecule has 1 aromatic heterocycles. The average molecular weight is 339 g/mol. The van der Waals surface area contributed by atoms with Gasteiger partial charge in [-0.1, -0.05) is 36.4 Å². The predicted octanol–water partition coefficient (Wildman–Crippen LogP) is 4.93. The Hall–Kier alpha value is -1.78. The second-order valence-corrected chi connectivity index (χ2v) is 7.35. The van der Waals surface area contributed by atoms with Crippen molar-refractivity contribution in [2.75, 3.05) is 13.1 Å². The Morgan fingerprint density at radius 2 is 2.00 bits per heavy atom. The van der Waals surface area contributed by atoms with Crippen LogP contribution in [0.5, 0.6) is 0 Å². The maximum Gasteiger partial charge on any atom is 0.129 e. The molecule has 0 amide bonds. The van der Waals surface area contributed by atoms with Gasteiger partial charge in [-0.2, -0.15) is 11.3 Å². The van der Waals surface area contributed by atoms with Gasteiger partial charge in [-0.25, -0.2) is 0 Å². The Labute approximate surface area is 144 Å². The van der Waals surface area contributed by atoms with Gasteiger partial charge >= 0.3 is 0 Å². The molecule has 1 aliphatic heterocycles. The van der Waals surface area contributed by atoms with Crippen molar-refractivity contribution in [2.45, 2.75) is 17.1 Å². The molecule has 3 aromatic rings. The van der Waals surface area contributed by atoms with Crippen molar-refractivity contribution in [2.24, 2.45) is 4.99 Å². The Morgan fingerprint density at radius 3 is 2.91 bits per heavy atom. The molecule has 0 radical (unpaired) electrons. The number of benzene rings is 2. The van der Waals surface area contributed by atoms with Gasteiger partial charge in [-0.05, 0) is 34.2 Å². The van der Waals surface area contributed by atoms with Crippen LogP contribution in [-0.2, 0) is 5.75 Å². The van der Waals surface area contributed by atoms with Crippen LogP contribution in [-0.4, -0.2) is 18.9 Å². The van der Waals surface area contributed by atoms with E-state index < -0.39 is 0 Å². The predicted molar refractivity (Wildman–Crippen MR) is 102 cm³/mol. The van der Waals surface area contributed by atoms with Gasteiger partial charge in [0.25, 0.3) is 0 Å². The monoisotopic (exact) mass is 338 g/mol. The SMILES string of the molecule is c1ccc2c(SCc3cscc3C3=NCCCN3)cccc2c1. The van der Waals surface area contributed by atoms with Gasteiger partial charge in [0.15, 0.2) is 0 Å². The van der Waals surface area contributed by atoms with Crippen LogP contribution in [0.3, 0.4) is 0 Å². The Balaban J connectivity index is 1.58. The minimum atomic E-state index is 0.939. The minimum absolute atomic E-state index is 0.939. The first-order valence-corrected chi connectivity index (χ1v) is 9.79. The fourth-order valence-corrected chi connectivity index (χ4v) is 4.85. The molecule has 0 saturated carbocycles. The summed E-state index contributed by atoms with van der Waals surface area (Å²) in [6.07, 6.45) is 1.13. The zero-order valence-electron chi connectivity index (χ0n) is 12.8. The van der Waals surface area contributed by atoms with Crippen LogP contribution in [0.25, 0.3) is 10.8 Å². The molecule has 2 heterocycles. The maximum atomic E-state index is 4.64. The van der Waals surface area contributed by atoms with Crippen LogP contribution in [0, 0.1) is 0 Å². The highest BCUT2D eigenvalue weighted by Crippen LogP contribution is 2.32. The second-order valence-electron chi connectivity index (χ2n) is 5.59. The van der Waals surface area contributed by atoms with Crippen molar-refractivity contribution in [3.8, 4) is 0 Å². The highest BCUT2D eigenvalue weighted by Gasteiger charge is 2.13. The molecule has 0 spiro atoms. The average Bonchev–Trinajstić information content (AvgIpc) is 3.09. The van der Waals surface area contributed by atoms with E-state index in [1.165, 1.54) is 26.8 Å². The maximum absolute atomic E-state index is 4.64. The van der Waals surface area contributed by atoms with Crippen molar-refractivity contribution in [3.05, 3.63) is 64.4 Å². The summed E-state index contributed by atoms with van der Waals surface area (Å²) in [6, 6.07) is 15.1. The summed E-state index contributed by atoms with van der Waals surface area (Å²) in [6.45, 7) is 1.97. The number of thiophene rings is 1. The number of rotatable bonds is 4. The molecule has 2 nitrogen and oxygen atoms in total. The standard InChI is InChI=1S/C19H18N2S2/c1-2-7-16-14(5-1)6-3-8-18(16)23-12-15-11-22-13-17(15)19-20-9-4-10-21-19/h1-3,5-8,11,13H,4,9-10,12H2,(H,20,21). The van der Waals surface area contributed by atoms with E-state index in [1.54, 1.807) is 11.3 Å². The molecule has 1 N–H and O–H groups in total. The number of hydrogen-bond acceptors (Lipinski definition) is 4. The zero-order chi connectivity index (χ0) is 15.5. The number of amidine groups is 1. The van der Waals surface area contributed by atoms with E-state index in [1.807, 2.05) is 11.8 Å². The third-order valence-electron chi connectivity index (χ3n) is 4.03. The number of hydrogen-bond donors (Lipinski definition) is 1. The van der Waals surface area contributed by atoms with Gasteiger partial charge in [0.2, 0.25) is 0 Å². The summed E-state index contributed by atoms with van der Waals surface area (Å²) in [5.41, 5.74) is 2.66. The Morgan fingerprint density at radius 1 is 1.09 bits per heavy atom. The van der Waals surface area contributed by atoms with Gasteiger partial charge in [0, 0.05) is 34.7 Å². The first-order chi connectivity index (χ1) is 11.4. The Kier molecular flexibility index (Phi) is 4.35. The van der Waals surface area contributed by atoms with E-state index in [0.29, 0.717) is 0 Å². The summed E-state index contributed by atoms with van der Waals surface area (Å²) in [5, 5.41) is 10.6. The summed E-state index contributed by atoms with van der Waals surface area (Å²) < 4.78 is 0. The van der Waals surface area contributed by atoms with Crippen molar-refractivity contribution in [3.63, 3.8) is 0 Å². The molecule has 0 atom stereocenters. The fraction of sp³-hybridized carbons (Fsp3) is 0.211. The molecule has 0 unspecified atom stereocenters. The van der Waals surface area contributed by atoms with Crippen molar-refractivity contribution < 1.29 is 0 Å². The van der Waals surface area contributed by atoms with Gasteiger partial charge in [-0.15, -0.1) is 11.8 Å². The topological polar surface area (TPSA) is 24.4 Å². The van der Waals surface area contributed by atoms with Crippen molar-refractivity contribution >= 4 is 39.7 Å². The largest absolute Gasteiger partial charge is 0.370 e. The summed E-state index contributed by atoms with van der Waals surface area (Å²) in [4.78, 5) is 5.99. The third kappa shape index (κ3) is 3.14. The number of nitrogens with one attached hydrogen (secondary N) is 1. The second kappa shape index (κ2) is 6.77. The van der Waals surface area contributed by atoms with E-state index in [9.17, 15) is 0 Å². The number of fused-ring (bicyclic) bond motifs is 1. The molecule has 0 fully saturated rings. The van der Waals surface area contributed by atoms with E-state index in [4.69, 9.17) is 0 Å². The molecular weight excluding hydrogens is 320 g/mol. The normalized spacial score (nSPS) is 14.5. The number of aliphatic imine (C=N–C) groups is 1. The van der Waals surface area contributed by atoms with Crippen LogP contribution >= 0.6 is 23.1 Å². The zero-order valence-corrected chi connectivity index (χ0v) is 14.4. The van der Waals surface area contributed by atoms with Gasteiger partial charge in [0.1, 0.15) is 5.84 Å². The number of nitrogens with zero attached hydrogens (tertiary/aromatic N) is 1. The summed E-state index contributed by atoms with van der Waals surface area (Å²) in [5.74, 6) is 2.05. The molecule has 0 bridgehead atoms. The molecule has 4 rings (SSSR count). The minimum Gasteiger partial charge on any atom is -0.370 e. The van der Waals surface area contributed by atoms with Crippen LogP contribution < -0.4 is 5.32 Å². The third-order valence-corrected chi connectivity index (χ3v) is 5.94. The number of thioether (sulfide) groups is 1. The molecule has 0 aliphatic carbocycles. The van der Waals surface area contributed by atoms with E-state index >= 15 is 0 Å². The molecule has 1 aliphatic rings. The summed E-state index contributed by atoms with van der Waals surface area (Å²) in [7, 11) is 0. The fourth-order valence-electron chi connectivity index (χ4n) is 2.83. The lowest BCUT2D eigenvalue weighted by Gasteiger charge is -2.15. The van der Waals surface area contributed by atoms with E-state index in [0.717, 1.165) is 31.1 Å². The quantitative estimate of drug-likeness (QED) is 0.682. The molecular formula is C19H18N2S2. The first-order valence-electron chi connectivity index (χ1n) is 7.86. The van der Waals surface area contributed by atoms with E-state index in [2.05, 4.69) is 63.5 Å². The smallest absolute Gasteiger partial charge is 0.129 e. The Bertz CT molecular complexity index is 846. The highest BCUT2D eigenvalue weighted by molar-refractivity contribution is 7.98. The van der Waals surface area contributed by atoms with Crippen molar-refractivity contribution in [1.82, 2.24) is 5.32 Å². The van der Waals surface area contributed by atoms with Gasteiger partial charge in [-0.3, -0.25) is 4.99 Å².